The van der Waals surface area contributed by atoms with E-state index in [2.05, 4.69) is 15.7 Å². The smallest absolute Gasteiger partial charge is 0.266 e. The van der Waals surface area contributed by atoms with Gasteiger partial charge < -0.3 is 10.6 Å². The molecule has 1 aliphatic heterocycles. The number of hydrogen-bond donors (Lipinski definition) is 2. The van der Waals surface area contributed by atoms with Crippen LogP contribution in [0.1, 0.15) is 5.56 Å². The highest BCUT2D eigenvalue weighted by molar-refractivity contribution is 5.84. The Morgan fingerprint density at radius 1 is 1.00 bits per heavy atom. The Labute approximate surface area is 169 Å². The van der Waals surface area contributed by atoms with Gasteiger partial charge in [-0.15, -0.1) is 0 Å². The van der Waals surface area contributed by atoms with E-state index in [1.165, 1.54) is 10.7 Å². The fourth-order valence-corrected chi connectivity index (χ4v) is 3.61. The average molecular weight is 388 g/mol. The van der Waals surface area contributed by atoms with Gasteiger partial charge in [-0.05, 0) is 18.1 Å². The lowest BCUT2D eigenvalue weighted by Crippen LogP contribution is -2.62. The van der Waals surface area contributed by atoms with Crippen LogP contribution in [0.15, 0.2) is 77.6 Å². The van der Waals surface area contributed by atoms with Gasteiger partial charge in [-0.1, -0.05) is 60.7 Å². The van der Waals surface area contributed by atoms with Crippen LogP contribution in [-0.4, -0.2) is 35.3 Å². The summed E-state index contributed by atoms with van der Waals surface area (Å²) in [7, 11) is 0. The van der Waals surface area contributed by atoms with Crippen molar-refractivity contribution in [2.45, 2.75) is 13.0 Å². The predicted octanol–water partition coefficient (Wildman–Crippen LogP) is 1.86. The quantitative estimate of drug-likeness (QED) is 0.648. The van der Waals surface area contributed by atoms with Crippen LogP contribution >= 0.6 is 0 Å². The number of nitrogens with zero attached hydrogens (tertiary/aromatic N) is 2. The minimum absolute atomic E-state index is 0.0207. The molecule has 0 atom stereocenters. The van der Waals surface area contributed by atoms with E-state index >= 15 is 0 Å². The third kappa shape index (κ3) is 4.27. The van der Waals surface area contributed by atoms with Gasteiger partial charge >= 0.3 is 0 Å². The zero-order valence-corrected chi connectivity index (χ0v) is 16.2. The lowest BCUT2D eigenvalue weighted by atomic mass is 9.75. The molecule has 0 aliphatic carbocycles. The Morgan fingerprint density at radius 2 is 1.69 bits per heavy atom. The summed E-state index contributed by atoms with van der Waals surface area (Å²) in [6.07, 6.45) is 0.703. The molecule has 3 aromatic rings. The Kier molecular flexibility index (Phi) is 5.53. The topological polar surface area (TPSA) is 76.0 Å². The first kappa shape index (κ1) is 19.1. The van der Waals surface area contributed by atoms with Crippen molar-refractivity contribution in [2.24, 2.45) is 5.41 Å². The zero-order valence-electron chi connectivity index (χ0n) is 16.2. The highest BCUT2D eigenvalue weighted by Gasteiger charge is 2.43. The Morgan fingerprint density at radius 3 is 2.34 bits per heavy atom. The van der Waals surface area contributed by atoms with Crippen molar-refractivity contribution in [3.8, 4) is 11.3 Å². The number of hydrogen-bond acceptors (Lipinski definition) is 4. The minimum Gasteiger partial charge on any atom is -0.354 e. The van der Waals surface area contributed by atoms with Crippen LogP contribution in [0.4, 0.5) is 0 Å². The number of rotatable bonds is 7. The Hall–Kier alpha value is -3.25. The summed E-state index contributed by atoms with van der Waals surface area (Å²) in [4.78, 5) is 25.0. The van der Waals surface area contributed by atoms with E-state index in [-0.39, 0.29) is 11.5 Å². The van der Waals surface area contributed by atoms with E-state index in [0.717, 1.165) is 16.8 Å². The minimum atomic E-state index is -0.425. The van der Waals surface area contributed by atoms with Gasteiger partial charge in [-0.2, -0.15) is 5.10 Å². The summed E-state index contributed by atoms with van der Waals surface area (Å²) in [5.74, 6) is 0.0207. The highest BCUT2D eigenvalue weighted by atomic mass is 16.2. The number of nitrogens with one attached hydrogen (secondary N) is 2. The van der Waals surface area contributed by atoms with Gasteiger partial charge in [-0.25, -0.2) is 4.68 Å². The molecule has 0 unspecified atom stereocenters. The van der Waals surface area contributed by atoms with Crippen molar-refractivity contribution in [2.75, 3.05) is 19.6 Å². The van der Waals surface area contributed by atoms with Crippen molar-refractivity contribution >= 4 is 5.91 Å². The largest absolute Gasteiger partial charge is 0.354 e. The van der Waals surface area contributed by atoms with E-state index in [1.807, 2.05) is 60.7 Å². The van der Waals surface area contributed by atoms with Crippen LogP contribution in [0.5, 0.6) is 0 Å². The van der Waals surface area contributed by atoms with Crippen LogP contribution < -0.4 is 16.2 Å². The molecule has 6 heteroatoms. The van der Waals surface area contributed by atoms with Gasteiger partial charge in [0.1, 0.15) is 0 Å². The number of carbonyl (C=O) groups excluding carboxylic acids is 1. The number of aromatic nitrogens is 2. The summed E-state index contributed by atoms with van der Waals surface area (Å²) in [5, 5.41) is 10.7. The van der Waals surface area contributed by atoms with E-state index in [0.29, 0.717) is 32.6 Å². The van der Waals surface area contributed by atoms with Gasteiger partial charge in [0.2, 0.25) is 5.91 Å². The monoisotopic (exact) mass is 388 g/mol. The molecule has 4 rings (SSSR count). The molecule has 6 nitrogen and oxygen atoms in total. The molecule has 2 N–H and O–H groups in total. The van der Waals surface area contributed by atoms with Crippen molar-refractivity contribution in [1.29, 1.82) is 0 Å². The molecule has 0 radical (unpaired) electrons. The molecule has 148 valence electrons. The zero-order chi connectivity index (χ0) is 20.1. The van der Waals surface area contributed by atoms with Gasteiger partial charge in [-0.3, -0.25) is 9.59 Å². The summed E-state index contributed by atoms with van der Waals surface area (Å²) < 4.78 is 1.41. The molecule has 1 saturated heterocycles. The van der Waals surface area contributed by atoms with Crippen LogP contribution in [0.25, 0.3) is 11.3 Å². The van der Waals surface area contributed by atoms with Gasteiger partial charge in [0.05, 0.1) is 17.7 Å². The lowest BCUT2D eigenvalue weighted by molar-refractivity contribution is -0.133. The van der Waals surface area contributed by atoms with Gasteiger partial charge in [0.15, 0.2) is 0 Å². The van der Waals surface area contributed by atoms with Crippen molar-refractivity contribution in [3.05, 3.63) is 88.7 Å². The van der Waals surface area contributed by atoms with E-state index in [4.69, 9.17) is 0 Å². The summed E-state index contributed by atoms with van der Waals surface area (Å²) >= 11 is 0. The normalized spacial score (nSPS) is 14.8. The Bertz CT molecular complexity index is 1030. The predicted molar refractivity (Wildman–Crippen MR) is 112 cm³/mol. The van der Waals surface area contributed by atoms with Crippen molar-refractivity contribution in [1.82, 2.24) is 20.4 Å². The van der Waals surface area contributed by atoms with E-state index < -0.39 is 5.41 Å². The average Bonchev–Trinajstić information content (AvgIpc) is 2.73. The molecular formula is C23H24N4O2. The number of amides is 1. The standard InChI is InChI=1S/C23H24N4O2/c28-21-12-11-20(19-9-5-2-6-10-19)26-27(21)14-13-25-22(29)23(16-24-17-23)15-18-7-3-1-4-8-18/h1-12,24H,13-17H2,(H,25,29). The third-order valence-electron chi connectivity index (χ3n) is 5.34. The second kappa shape index (κ2) is 8.41. The van der Waals surface area contributed by atoms with Crippen LogP contribution in [-0.2, 0) is 17.8 Å². The maximum atomic E-state index is 12.9. The molecule has 0 spiro atoms. The molecule has 0 bridgehead atoms. The van der Waals surface area contributed by atoms with Crippen LogP contribution in [0.3, 0.4) is 0 Å². The second-order valence-corrected chi connectivity index (χ2v) is 7.45. The summed E-state index contributed by atoms with van der Waals surface area (Å²) in [6.45, 7) is 2.02. The van der Waals surface area contributed by atoms with E-state index in [9.17, 15) is 9.59 Å². The fraction of sp³-hybridized carbons (Fsp3) is 0.261. The molecule has 29 heavy (non-hydrogen) atoms. The number of benzene rings is 2. The van der Waals surface area contributed by atoms with E-state index in [1.54, 1.807) is 6.07 Å². The fourth-order valence-electron chi connectivity index (χ4n) is 3.61. The first-order chi connectivity index (χ1) is 14.2. The molecule has 2 aromatic carbocycles. The van der Waals surface area contributed by atoms with Crippen molar-refractivity contribution < 1.29 is 4.79 Å². The first-order valence-electron chi connectivity index (χ1n) is 9.83. The molecule has 1 aliphatic rings. The maximum absolute atomic E-state index is 12.9. The summed E-state index contributed by atoms with van der Waals surface area (Å²) in [5.41, 5.74) is 2.24. The van der Waals surface area contributed by atoms with Gasteiger partial charge in [0.25, 0.3) is 5.56 Å². The molecule has 1 amide bonds. The van der Waals surface area contributed by atoms with Crippen LogP contribution in [0, 0.1) is 5.41 Å². The number of carbonyl (C=O) groups is 1. The second-order valence-electron chi connectivity index (χ2n) is 7.45. The first-order valence-corrected chi connectivity index (χ1v) is 9.83. The Balaban J connectivity index is 1.39. The molecule has 2 heterocycles. The molecule has 0 saturated carbocycles. The SMILES string of the molecule is O=C(NCCn1nc(-c2ccccc2)ccc1=O)C1(Cc2ccccc2)CNC1. The van der Waals surface area contributed by atoms with Crippen LogP contribution in [0.2, 0.25) is 0 Å². The third-order valence-corrected chi connectivity index (χ3v) is 5.34. The lowest BCUT2D eigenvalue weighted by Gasteiger charge is -2.41. The molecule has 1 fully saturated rings. The summed E-state index contributed by atoms with van der Waals surface area (Å²) in [6, 6.07) is 23.0. The van der Waals surface area contributed by atoms with Crippen molar-refractivity contribution in [3.63, 3.8) is 0 Å². The molecular weight excluding hydrogens is 364 g/mol. The highest BCUT2D eigenvalue weighted by Crippen LogP contribution is 2.28. The molecule has 1 aromatic heterocycles. The maximum Gasteiger partial charge on any atom is 0.266 e. The van der Waals surface area contributed by atoms with Gasteiger partial charge in [0, 0.05) is 31.3 Å².